The van der Waals surface area contributed by atoms with E-state index in [-0.39, 0.29) is 5.56 Å². The Bertz CT molecular complexity index is 1770. The van der Waals surface area contributed by atoms with Crippen LogP contribution >= 0.6 is 22.9 Å². The zero-order valence-electron chi connectivity index (χ0n) is 21.7. The molecule has 9 heteroatoms. The van der Waals surface area contributed by atoms with Crippen LogP contribution in [-0.4, -0.2) is 32.6 Å². The van der Waals surface area contributed by atoms with E-state index in [1.165, 1.54) is 11.1 Å². The summed E-state index contributed by atoms with van der Waals surface area (Å²) in [6.07, 6.45) is 6.85. The van der Waals surface area contributed by atoms with Gasteiger partial charge in [-0.05, 0) is 67.8 Å². The maximum atomic E-state index is 13.6. The maximum absolute atomic E-state index is 13.6. The number of nitrogens with one attached hydrogen (secondary N) is 2. The highest BCUT2D eigenvalue weighted by Crippen LogP contribution is 2.34. The highest BCUT2D eigenvalue weighted by Gasteiger charge is 2.16. The van der Waals surface area contributed by atoms with Crippen molar-refractivity contribution < 1.29 is 0 Å². The summed E-state index contributed by atoms with van der Waals surface area (Å²) >= 11 is 8.31. The van der Waals surface area contributed by atoms with Crippen molar-refractivity contribution in [1.29, 1.82) is 0 Å². The number of hydrogen-bond acceptors (Lipinski definition) is 7. The first kappa shape index (κ1) is 25.4. The lowest BCUT2D eigenvalue weighted by Crippen LogP contribution is -2.22. The fourth-order valence-electron chi connectivity index (χ4n) is 4.87. The minimum atomic E-state index is -0.141. The molecule has 0 unspecified atom stereocenters. The van der Waals surface area contributed by atoms with E-state index in [4.69, 9.17) is 16.6 Å². The van der Waals surface area contributed by atoms with Crippen LogP contribution in [0.15, 0.2) is 71.8 Å². The molecular formula is C30H27ClN6OS. The van der Waals surface area contributed by atoms with E-state index in [0.29, 0.717) is 34.3 Å². The van der Waals surface area contributed by atoms with E-state index in [1.807, 2.05) is 56.4 Å². The molecular weight excluding hydrogens is 528 g/mol. The van der Waals surface area contributed by atoms with Gasteiger partial charge in [0.2, 0.25) is 5.95 Å². The summed E-state index contributed by atoms with van der Waals surface area (Å²) < 4.78 is 1.67. The Morgan fingerprint density at radius 1 is 1.05 bits per heavy atom. The van der Waals surface area contributed by atoms with Crippen molar-refractivity contribution in [3.63, 3.8) is 0 Å². The molecule has 0 spiro atoms. The SMILES string of the molecule is CCn1c(=O)c(-c2ccc(-c3cnc(C)s3)cc2Cl)cc2cnc(Nc3ccc(C4=CCNCC4)cc3)nc21. The number of aromatic nitrogens is 4. The van der Waals surface area contributed by atoms with Crippen molar-refractivity contribution >= 4 is 51.2 Å². The number of aryl methyl sites for hydroxylation is 2. The minimum Gasteiger partial charge on any atom is -0.324 e. The van der Waals surface area contributed by atoms with E-state index in [0.717, 1.165) is 46.0 Å². The molecule has 0 bridgehead atoms. The summed E-state index contributed by atoms with van der Waals surface area (Å²) in [6, 6.07) is 15.9. The lowest BCUT2D eigenvalue weighted by Gasteiger charge is -2.15. The maximum Gasteiger partial charge on any atom is 0.260 e. The number of thiazole rings is 1. The molecule has 4 heterocycles. The Labute approximate surface area is 235 Å². The van der Waals surface area contributed by atoms with Crippen molar-refractivity contribution in [2.24, 2.45) is 0 Å². The van der Waals surface area contributed by atoms with Gasteiger partial charge in [0.15, 0.2) is 0 Å². The second-order valence-electron chi connectivity index (χ2n) is 9.40. The average molecular weight is 555 g/mol. The molecule has 39 heavy (non-hydrogen) atoms. The average Bonchev–Trinajstić information content (AvgIpc) is 3.40. The monoisotopic (exact) mass is 554 g/mol. The molecule has 7 nitrogen and oxygen atoms in total. The number of halogens is 1. The number of rotatable bonds is 6. The van der Waals surface area contributed by atoms with Crippen LogP contribution in [-0.2, 0) is 6.54 Å². The molecule has 0 saturated heterocycles. The molecule has 0 radical (unpaired) electrons. The van der Waals surface area contributed by atoms with Gasteiger partial charge in [-0.2, -0.15) is 4.98 Å². The van der Waals surface area contributed by atoms with Crippen LogP contribution in [0.2, 0.25) is 5.02 Å². The fourth-order valence-corrected chi connectivity index (χ4v) is 5.92. The van der Waals surface area contributed by atoms with Crippen molar-refractivity contribution in [3.05, 3.63) is 92.9 Å². The first-order chi connectivity index (χ1) is 19.0. The van der Waals surface area contributed by atoms with E-state index in [2.05, 4.69) is 38.8 Å². The van der Waals surface area contributed by atoms with Crippen molar-refractivity contribution in [2.45, 2.75) is 26.8 Å². The van der Waals surface area contributed by atoms with Gasteiger partial charge in [0, 0.05) is 52.7 Å². The third-order valence-electron chi connectivity index (χ3n) is 6.88. The predicted octanol–water partition coefficient (Wildman–Crippen LogP) is 6.68. The molecule has 3 aromatic heterocycles. The highest BCUT2D eigenvalue weighted by molar-refractivity contribution is 7.15. The molecule has 0 atom stereocenters. The van der Waals surface area contributed by atoms with Gasteiger partial charge in [0.05, 0.1) is 9.88 Å². The van der Waals surface area contributed by atoms with Crippen molar-refractivity contribution in [1.82, 2.24) is 24.8 Å². The van der Waals surface area contributed by atoms with Gasteiger partial charge in [0.1, 0.15) is 5.65 Å². The van der Waals surface area contributed by atoms with Crippen LogP contribution in [0, 0.1) is 6.92 Å². The summed E-state index contributed by atoms with van der Waals surface area (Å²) in [5, 5.41) is 8.90. The molecule has 6 rings (SSSR count). The van der Waals surface area contributed by atoms with Crippen LogP contribution in [0.1, 0.15) is 23.9 Å². The van der Waals surface area contributed by atoms with Crippen molar-refractivity contribution in [2.75, 3.05) is 18.4 Å². The topological polar surface area (TPSA) is 84.7 Å². The Morgan fingerprint density at radius 2 is 1.87 bits per heavy atom. The molecule has 0 aliphatic carbocycles. The second kappa shape index (κ2) is 10.7. The zero-order chi connectivity index (χ0) is 26.9. The Hall–Kier alpha value is -3.85. The number of pyridine rings is 1. The zero-order valence-corrected chi connectivity index (χ0v) is 23.2. The van der Waals surface area contributed by atoms with Gasteiger partial charge >= 0.3 is 0 Å². The normalized spacial score (nSPS) is 13.5. The Balaban J connectivity index is 1.32. The molecule has 0 fully saturated rings. The van der Waals surface area contributed by atoms with Crippen LogP contribution in [0.4, 0.5) is 11.6 Å². The summed E-state index contributed by atoms with van der Waals surface area (Å²) in [7, 11) is 0. The lowest BCUT2D eigenvalue weighted by molar-refractivity contribution is 0.738. The minimum absolute atomic E-state index is 0.141. The second-order valence-corrected chi connectivity index (χ2v) is 11.0. The predicted molar refractivity (Wildman–Crippen MR) is 161 cm³/mol. The van der Waals surface area contributed by atoms with Gasteiger partial charge in [-0.25, -0.2) is 9.97 Å². The van der Waals surface area contributed by atoms with E-state index in [9.17, 15) is 4.79 Å². The number of fused-ring (bicyclic) bond motifs is 1. The van der Waals surface area contributed by atoms with Crippen LogP contribution in [0.3, 0.4) is 0 Å². The molecule has 5 aromatic rings. The number of nitrogens with zero attached hydrogens (tertiary/aromatic N) is 4. The third kappa shape index (κ3) is 5.11. The largest absolute Gasteiger partial charge is 0.324 e. The molecule has 2 aromatic carbocycles. The standard InChI is InChI=1S/C30H27ClN6OS/c1-3-37-28-22(14-25(29(37)38)24-9-6-21(15-26(24)31)27-17-33-18(2)39-27)16-34-30(36-28)35-23-7-4-19(5-8-23)20-10-12-32-13-11-20/h4-10,14-17,32H,3,11-13H2,1-2H3,(H,34,35,36). The van der Waals surface area contributed by atoms with E-state index >= 15 is 0 Å². The van der Waals surface area contributed by atoms with Gasteiger partial charge in [-0.3, -0.25) is 9.36 Å². The van der Waals surface area contributed by atoms with Crippen molar-refractivity contribution in [3.8, 4) is 21.6 Å². The fraction of sp³-hybridized carbons (Fsp3) is 0.200. The van der Waals surface area contributed by atoms with Crippen LogP contribution < -0.4 is 16.2 Å². The number of benzene rings is 2. The number of anilines is 2. The number of hydrogen-bond donors (Lipinski definition) is 2. The summed E-state index contributed by atoms with van der Waals surface area (Å²) in [5.41, 5.74) is 6.09. The Kier molecular flexibility index (Phi) is 6.99. The summed E-state index contributed by atoms with van der Waals surface area (Å²) in [4.78, 5) is 28.2. The van der Waals surface area contributed by atoms with Gasteiger partial charge in [-0.1, -0.05) is 41.9 Å². The van der Waals surface area contributed by atoms with Gasteiger partial charge < -0.3 is 10.6 Å². The summed E-state index contributed by atoms with van der Waals surface area (Å²) in [6.45, 7) is 6.28. The van der Waals surface area contributed by atoms with Crippen LogP contribution in [0.25, 0.3) is 38.2 Å². The molecule has 0 saturated carbocycles. The van der Waals surface area contributed by atoms with Gasteiger partial charge in [-0.15, -0.1) is 11.3 Å². The third-order valence-corrected chi connectivity index (χ3v) is 8.16. The molecule has 1 aliphatic rings. The first-order valence-electron chi connectivity index (χ1n) is 12.9. The molecule has 1 aliphatic heterocycles. The molecule has 0 amide bonds. The Morgan fingerprint density at radius 3 is 2.56 bits per heavy atom. The van der Waals surface area contributed by atoms with Crippen LogP contribution in [0.5, 0.6) is 0 Å². The van der Waals surface area contributed by atoms with E-state index < -0.39 is 0 Å². The lowest BCUT2D eigenvalue weighted by atomic mass is 10.0. The molecule has 2 N–H and O–H groups in total. The summed E-state index contributed by atoms with van der Waals surface area (Å²) in [5.74, 6) is 0.438. The smallest absolute Gasteiger partial charge is 0.260 e. The molecule has 196 valence electrons. The first-order valence-corrected chi connectivity index (χ1v) is 14.1. The van der Waals surface area contributed by atoms with Gasteiger partial charge in [0.25, 0.3) is 5.56 Å². The highest BCUT2D eigenvalue weighted by atomic mass is 35.5. The quantitative estimate of drug-likeness (QED) is 0.243. The van der Waals surface area contributed by atoms with E-state index in [1.54, 1.807) is 22.1 Å².